The Morgan fingerprint density at radius 2 is 1.87 bits per heavy atom. The van der Waals surface area contributed by atoms with Gasteiger partial charge in [0.25, 0.3) is 0 Å². The molecule has 0 aliphatic rings. The van der Waals surface area contributed by atoms with Crippen LogP contribution in [0, 0.1) is 12.7 Å². The summed E-state index contributed by atoms with van der Waals surface area (Å²) in [6, 6.07) is 13.5. The van der Waals surface area contributed by atoms with Crippen molar-refractivity contribution < 1.29 is 23.5 Å². The molecule has 0 atom stereocenters. The molecule has 3 rings (SSSR count). The molecule has 30 heavy (non-hydrogen) atoms. The zero-order valence-corrected chi connectivity index (χ0v) is 17.4. The summed E-state index contributed by atoms with van der Waals surface area (Å²) >= 11 is 1.17. The van der Waals surface area contributed by atoms with E-state index >= 15 is 0 Å². The van der Waals surface area contributed by atoms with E-state index in [0.717, 1.165) is 11.3 Å². The van der Waals surface area contributed by atoms with Crippen LogP contribution in [0.2, 0.25) is 0 Å². The summed E-state index contributed by atoms with van der Waals surface area (Å²) in [5.74, 6) is -0.585. The smallest absolute Gasteiger partial charge is 0.309 e. The number of ether oxygens (including phenoxy) is 2. The second kappa shape index (κ2) is 9.98. The van der Waals surface area contributed by atoms with E-state index < -0.39 is 11.8 Å². The maximum atomic E-state index is 14.1. The van der Waals surface area contributed by atoms with E-state index in [2.05, 4.69) is 4.98 Å². The number of thiazole rings is 1. The molecule has 0 aliphatic carbocycles. The van der Waals surface area contributed by atoms with Crippen LogP contribution in [0.25, 0.3) is 0 Å². The van der Waals surface area contributed by atoms with Crippen molar-refractivity contribution in [3.63, 3.8) is 0 Å². The van der Waals surface area contributed by atoms with Crippen LogP contribution in [-0.2, 0) is 20.9 Å². The van der Waals surface area contributed by atoms with Crippen LogP contribution >= 0.6 is 11.3 Å². The highest BCUT2D eigenvalue weighted by molar-refractivity contribution is 7.14. The topological polar surface area (TPSA) is 68.7 Å². The number of benzene rings is 2. The van der Waals surface area contributed by atoms with Crippen molar-refractivity contribution in [1.29, 1.82) is 0 Å². The number of anilines is 2. The lowest BCUT2D eigenvalue weighted by Gasteiger charge is -2.18. The van der Waals surface area contributed by atoms with Gasteiger partial charge in [0.15, 0.2) is 5.13 Å². The maximum absolute atomic E-state index is 14.1. The van der Waals surface area contributed by atoms with E-state index in [0.29, 0.717) is 10.8 Å². The summed E-state index contributed by atoms with van der Waals surface area (Å²) in [7, 11) is 0. The number of nitrogens with zero attached hydrogens (tertiary/aromatic N) is 2. The monoisotopic (exact) mass is 428 g/mol. The predicted octanol–water partition coefficient (Wildman–Crippen LogP) is 4.79. The number of aromatic nitrogens is 1. The third-order valence-corrected chi connectivity index (χ3v) is 5.05. The summed E-state index contributed by atoms with van der Waals surface area (Å²) in [4.78, 5) is 29.5. The molecular weight excluding hydrogens is 407 g/mol. The Labute approximate surface area is 177 Å². The molecule has 0 saturated heterocycles. The molecule has 1 amide bonds. The molecule has 0 aliphatic heterocycles. The molecule has 0 unspecified atom stereocenters. The van der Waals surface area contributed by atoms with E-state index in [-0.39, 0.29) is 31.2 Å². The fourth-order valence-electron chi connectivity index (χ4n) is 2.70. The molecule has 0 spiro atoms. The van der Waals surface area contributed by atoms with Gasteiger partial charge in [-0.25, -0.2) is 9.37 Å². The normalized spacial score (nSPS) is 10.5. The molecule has 1 aromatic heterocycles. The lowest BCUT2D eigenvalue weighted by atomic mass is 10.2. The third-order valence-electron chi connectivity index (χ3n) is 4.18. The first-order valence-corrected chi connectivity index (χ1v) is 10.2. The molecule has 2 aromatic carbocycles. The second-order valence-electron chi connectivity index (χ2n) is 6.45. The van der Waals surface area contributed by atoms with Gasteiger partial charge in [-0.1, -0.05) is 30.3 Å². The average Bonchev–Trinajstić information content (AvgIpc) is 3.18. The number of amides is 1. The Morgan fingerprint density at radius 3 is 2.60 bits per heavy atom. The zero-order chi connectivity index (χ0) is 21.5. The highest BCUT2D eigenvalue weighted by atomic mass is 32.1. The number of rotatable bonds is 8. The van der Waals surface area contributed by atoms with Gasteiger partial charge in [-0.05, 0) is 30.7 Å². The van der Waals surface area contributed by atoms with Crippen LogP contribution in [0.3, 0.4) is 0 Å². The van der Waals surface area contributed by atoms with Crippen molar-refractivity contribution in [3.05, 3.63) is 71.0 Å². The van der Waals surface area contributed by atoms with Gasteiger partial charge < -0.3 is 9.47 Å². The molecule has 8 heteroatoms. The fraction of sp³-hybridized carbons (Fsp3) is 0.227. The van der Waals surface area contributed by atoms with Crippen molar-refractivity contribution in [1.82, 2.24) is 4.98 Å². The van der Waals surface area contributed by atoms with Crippen molar-refractivity contribution >= 4 is 34.0 Å². The maximum Gasteiger partial charge on any atom is 0.309 e. The number of aryl methyl sites for hydroxylation is 1. The Hall–Kier alpha value is -3.26. The van der Waals surface area contributed by atoms with Crippen molar-refractivity contribution in [2.45, 2.75) is 26.9 Å². The van der Waals surface area contributed by atoms with E-state index in [1.54, 1.807) is 17.5 Å². The molecule has 0 radical (unpaired) electrons. The lowest BCUT2D eigenvalue weighted by molar-refractivity contribution is -0.145. The third kappa shape index (κ3) is 5.42. The van der Waals surface area contributed by atoms with E-state index in [9.17, 15) is 14.0 Å². The van der Waals surface area contributed by atoms with Crippen molar-refractivity contribution in [2.75, 3.05) is 11.5 Å². The first-order chi connectivity index (χ1) is 14.5. The summed E-state index contributed by atoms with van der Waals surface area (Å²) in [6.45, 7) is 3.43. The van der Waals surface area contributed by atoms with Gasteiger partial charge in [-0.3, -0.25) is 14.5 Å². The van der Waals surface area contributed by atoms with Gasteiger partial charge in [0.2, 0.25) is 5.91 Å². The van der Waals surface area contributed by atoms with Crippen LogP contribution in [0.5, 0.6) is 5.75 Å². The van der Waals surface area contributed by atoms with Gasteiger partial charge in [0, 0.05) is 12.3 Å². The summed E-state index contributed by atoms with van der Waals surface area (Å²) < 4.78 is 24.9. The van der Waals surface area contributed by atoms with E-state index in [1.807, 2.05) is 31.2 Å². The van der Waals surface area contributed by atoms with Gasteiger partial charge in [-0.2, -0.15) is 0 Å². The number of para-hydroxylation sites is 2. The van der Waals surface area contributed by atoms with Crippen molar-refractivity contribution in [3.8, 4) is 5.75 Å². The minimum atomic E-state index is -0.524. The first-order valence-electron chi connectivity index (χ1n) is 9.29. The molecule has 1 heterocycles. The standard InChI is InChI=1S/C22H21FN2O4S/c1-15-7-3-6-10-20(15)28-12-11-21(27)29-13-17-14-30-22(24-17)25(16(2)26)19-9-5-4-8-18(19)23/h3-10,14H,11-13H2,1-2H3. The van der Waals surface area contributed by atoms with E-state index in [1.165, 1.54) is 35.3 Å². The molecule has 156 valence electrons. The largest absolute Gasteiger partial charge is 0.493 e. The minimum Gasteiger partial charge on any atom is -0.493 e. The highest BCUT2D eigenvalue weighted by Gasteiger charge is 2.21. The number of hydrogen-bond donors (Lipinski definition) is 0. The molecule has 0 N–H and O–H groups in total. The first kappa shape index (κ1) is 21.4. The summed E-state index contributed by atoms with van der Waals surface area (Å²) in [5, 5.41) is 1.98. The molecule has 0 fully saturated rings. The van der Waals surface area contributed by atoms with E-state index in [4.69, 9.17) is 9.47 Å². The lowest BCUT2D eigenvalue weighted by Crippen LogP contribution is -2.23. The second-order valence-corrected chi connectivity index (χ2v) is 7.29. The SMILES string of the molecule is CC(=O)N(c1nc(COC(=O)CCOc2ccccc2C)cs1)c1ccccc1F. The fourth-order valence-corrected chi connectivity index (χ4v) is 3.56. The Balaban J connectivity index is 1.54. The van der Waals surface area contributed by atoms with Gasteiger partial charge in [0.05, 0.1) is 24.4 Å². The molecule has 0 saturated carbocycles. The summed E-state index contributed by atoms with van der Waals surface area (Å²) in [6.07, 6.45) is 0.0973. The van der Waals surface area contributed by atoms with Crippen LogP contribution < -0.4 is 9.64 Å². The Bertz CT molecular complexity index is 1040. The molecule has 0 bridgehead atoms. The van der Waals surface area contributed by atoms with Crippen LogP contribution in [0.15, 0.2) is 53.9 Å². The zero-order valence-electron chi connectivity index (χ0n) is 16.6. The van der Waals surface area contributed by atoms with Crippen molar-refractivity contribution in [2.24, 2.45) is 0 Å². The Kier molecular flexibility index (Phi) is 7.13. The van der Waals surface area contributed by atoms with Crippen LogP contribution in [0.4, 0.5) is 15.2 Å². The van der Waals surface area contributed by atoms with Crippen LogP contribution in [-0.4, -0.2) is 23.5 Å². The van der Waals surface area contributed by atoms with Crippen LogP contribution in [0.1, 0.15) is 24.6 Å². The number of halogens is 1. The van der Waals surface area contributed by atoms with Gasteiger partial charge in [-0.15, -0.1) is 11.3 Å². The van der Waals surface area contributed by atoms with Gasteiger partial charge in [0.1, 0.15) is 18.2 Å². The molecule has 3 aromatic rings. The van der Waals surface area contributed by atoms with Gasteiger partial charge >= 0.3 is 5.97 Å². The number of hydrogen-bond acceptors (Lipinski definition) is 6. The number of carbonyl (C=O) groups excluding carboxylic acids is 2. The summed E-state index contributed by atoms with van der Waals surface area (Å²) in [5.41, 5.74) is 1.59. The number of carbonyl (C=O) groups is 2. The highest BCUT2D eigenvalue weighted by Crippen LogP contribution is 2.30. The average molecular weight is 428 g/mol. The number of esters is 1. The predicted molar refractivity (Wildman–Crippen MR) is 112 cm³/mol. The minimum absolute atomic E-state index is 0.0390. The molecular formula is C22H21FN2O4S. The molecule has 6 nitrogen and oxygen atoms in total. The Morgan fingerprint density at radius 1 is 1.13 bits per heavy atom. The quantitative estimate of drug-likeness (QED) is 0.483.